The quantitative estimate of drug-likeness (QED) is 0.753. The lowest BCUT2D eigenvalue weighted by Gasteiger charge is -2.08. The van der Waals surface area contributed by atoms with Crippen molar-refractivity contribution in [2.45, 2.75) is 26.8 Å². The van der Waals surface area contributed by atoms with Crippen molar-refractivity contribution in [2.24, 2.45) is 0 Å². The minimum absolute atomic E-state index is 0.108. The zero-order valence-electron chi connectivity index (χ0n) is 8.66. The highest BCUT2D eigenvalue weighted by Gasteiger charge is 2.07. The van der Waals surface area contributed by atoms with Crippen LogP contribution in [0, 0.1) is 6.92 Å². The Morgan fingerprint density at radius 3 is 2.57 bits per heavy atom. The van der Waals surface area contributed by atoms with E-state index in [1.54, 1.807) is 19.1 Å². The largest absolute Gasteiger partial charge is 0.508 e. The second-order valence-electron chi connectivity index (χ2n) is 3.63. The number of aryl methyl sites for hydroxylation is 1. The monoisotopic (exact) mass is 193 g/mol. The molecule has 0 atom stereocenters. The van der Waals surface area contributed by atoms with E-state index in [9.17, 15) is 9.90 Å². The summed E-state index contributed by atoms with van der Waals surface area (Å²) in [5.41, 5.74) is 1.29. The molecule has 0 bridgehead atoms. The van der Waals surface area contributed by atoms with Crippen molar-refractivity contribution in [3.63, 3.8) is 0 Å². The number of phenols is 1. The normalized spacial score (nSPS) is 10.3. The molecule has 0 heterocycles. The standard InChI is InChI=1S/C11H15NO2/c1-7(2)12-11(14)9-4-5-10(13)8(3)6-9/h4-7,13H,1-3H3,(H,12,14). The first-order chi connectivity index (χ1) is 6.50. The van der Waals surface area contributed by atoms with E-state index in [2.05, 4.69) is 5.32 Å². The number of rotatable bonds is 2. The van der Waals surface area contributed by atoms with Crippen LogP contribution in [-0.4, -0.2) is 17.1 Å². The lowest BCUT2D eigenvalue weighted by Crippen LogP contribution is -2.30. The molecular weight excluding hydrogens is 178 g/mol. The zero-order chi connectivity index (χ0) is 10.7. The summed E-state index contributed by atoms with van der Waals surface area (Å²) in [5.74, 6) is 0.106. The van der Waals surface area contributed by atoms with Gasteiger partial charge in [0.25, 0.3) is 5.91 Å². The van der Waals surface area contributed by atoms with Crippen molar-refractivity contribution in [3.05, 3.63) is 29.3 Å². The first kappa shape index (κ1) is 10.6. The average Bonchev–Trinajstić information content (AvgIpc) is 2.08. The molecule has 14 heavy (non-hydrogen) atoms. The van der Waals surface area contributed by atoms with Crippen LogP contribution in [0.2, 0.25) is 0 Å². The van der Waals surface area contributed by atoms with Crippen molar-refractivity contribution < 1.29 is 9.90 Å². The van der Waals surface area contributed by atoms with Crippen molar-refractivity contribution in [1.29, 1.82) is 0 Å². The van der Waals surface area contributed by atoms with Gasteiger partial charge in [-0.25, -0.2) is 0 Å². The van der Waals surface area contributed by atoms with E-state index in [0.29, 0.717) is 11.1 Å². The van der Waals surface area contributed by atoms with Gasteiger partial charge in [0.2, 0.25) is 0 Å². The number of benzene rings is 1. The van der Waals surface area contributed by atoms with E-state index in [1.807, 2.05) is 13.8 Å². The molecule has 1 aromatic carbocycles. The van der Waals surface area contributed by atoms with Gasteiger partial charge in [0.05, 0.1) is 0 Å². The van der Waals surface area contributed by atoms with Gasteiger partial charge in [-0.3, -0.25) is 4.79 Å². The SMILES string of the molecule is Cc1cc(C(=O)NC(C)C)ccc1O. The van der Waals surface area contributed by atoms with E-state index in [4.69, 9.17) is 0 Å². The Morgan fingerprint density at radius 2 is 2.07 bits per heavy atom. The highest BCUT2D eigenvalue weighted by atomic mass is 16.3. The molecule has 2 N–H and O–H groups in total. The summed E-state index contributed by atoms with van der Waals surface area (Å²) in [6, 6.07) is 4.94. The van der Waals surface area contributed by atoms with Crippen molar-refractivity contribution >= 4 is 5.91 Å². The molecule has 0 fully saturated rings. The van der Waals surface area contributed by atoms with E-state index >= 15 is 0 Å². The van der Waals surface area contributed by atoms with Crippen LogP contribution in [0.1, 0.15) is 29.8 Å². The van der Waals surface area contributed by atoms with Gasteiger partial charge >= 0.3 is 0 Å². The van der Waals surface area contributed by atoms with E-state index in [1.165, 1.54) is 6.07 Å². The molecule has 0 saturated heterocycles. The molecule has 0 aliphatic heterocycles. The Hall–Kier alpha value is -1.51. The van der Waals surface area contributed by atoms with Gasteiger partial charge in [0, 0.05) is 11.6 Å². The number of hydrogen-bond acceptors (Lipinski definition) is 2. The maximum Gasteiger partial charge on any atom is 0.251 e. The smallest absolute Gasteiger partial charge is 0.251 e. The number of amides is 1. The molecule has 0 aliphatic rings. The summed E-state index contributed by atoms with van der Waals surface area (Å²) in [7, 11) is 0. The fourth-order valence-corrected chi connectivity index (χ4v) is 1.14. The second-order valence-corrected chi connectivity index (χ2v) is 3.63. The highest BCUT2D eigenvalue weighted by molar-refractivity contribution is 5.94. The summed E-state index contributed by atoms with van der Waals surface area (Å²) in [4.78, 5) is 11.5. The zero-order valence-corrected chi connectivity index (χ0v) is 8.66. The van der Waals surface area contributed by atoms with Gasteiger partial charge in [0.15, 0.2) is 0 Å². The summed E-state index contributed by atoms with van der Waals surface area (Å²) < 4.78 is 0. The number of phenolic OH excluding ortho intramolecular Hbond substituents is 1. The molecular formula is C11H15NO2. The van der Waals surface area contributed by atoms with Crippen LogP contribution in [0.3, 0.4) is 0 Å². The van der Waals surface area contributed by atoms with Crippen LogP contribution < -0.4 is 5.32 Å². The Bertz CT molecular complexity index is 345. The van der Waals surface area contributed by atoms with Crippen molar-refractivity contribution in [3.8, 4) is 5.75 Å². The molecule has 3 nitrogen and oxygen atoms in total. The van der Waals surface area contributed by atoms with Crippen LogP contribution >= 0.6 is 0 Å². The number of aromatic hydroxyl groups is 1. The second kappa shape index (κ2) is 4.13. The van der Waals surface area contributed by atoms with E-state index in [0.717, 1.165) is 0 Å². The third-order valence-corrected chi connectivity index (χ3v) is 1.88. The molecule has 0 unspecified atom stereocenters. The summed E-state index contributed by atoms with van der Waals surface area (Å²) in [5, 5.41) is 12.1. The number of nitrogens with one attached hydrogen (secondary N) is 1. The van der Waals surface area contributed by atoms with Crippen molar-refractivity contribution in [2.75, 3.05) is 0 Å². The van der Waals surface area contributed by atoms with Crippen molar-refractivity contribution in [1.82, 2.24) is 5.32 Å². The Kier molecular flexibility index (Phi) is 3.12. The minimum Gasteiger partial charge on any atom is -0.508 e. The Balaban J connectivity index is 2.86. The average molecular weight is 193 g/mol. The molecule has 0 spiro atoms. The Morgan fingerprint density at radius 1 is 1.43 bits per heavy atom. The summed E-state index contributed by atoms with van der Waals surface area (Å²) in [6.07, 6.45) is 0. The van der Waals surface area contributed by atoms with Crippen LogP contribution in [0.15, 0.2) is 18.2 Å². The molecule has 1 aromatic rings. The molecule has 0 aromatic heterocycles. The van der Waals surface area contributed by atoms with E-state index < -0.39 is 0 Å². The summed E-state index contributed by atoms with van der Waals surface area (Å²) >= 11 is 0. The van der Waals surface area contributed by atoms with Crippen LogP contribution in [-0.2, 0) is 0 Å². The lowest BCUT2D eigenvalue weighted by atomic mass is 10.1. The predicted octanol–water partition coefficient (Wildman–Crippen LogP) is 1.84. The number of hydrogen-bond donors (Lipinski definition) is 2. The Labute approximate surface area is 83.8 Å². The van der Waals surface area contributed by atoms with Crippen LogP contribution in [0.25, 0.3) is 0 Å². The number of carbonyl (C=O) groups is 1. The first-order valence-corrected chi connectivity index (χ1v) is 4.61. The molecule has 76 valence electrons. The van der Waals surface area contributed by atoms with Crippen LogP contribution in [0.5, 0.6) is 5.75 Å². The fraction of sp³-hybridized carbons (Fsp3) is 0.364. The van der Waals surface area contributed by atoms with Gasteiger partial charge < -0.3 is 10.4 Å². The molecule has 1 rings (SSSR count). The molecule has 0 saturated carbocycles. The van der Waals surface area contributed by atoms with E-state index in [-0.39, 0.29) is 17.7 Å². The minimum atomic E-state index is -0.108. The van der Waals surface area contributed by atoms with Gasteiger partial charge in [-0.2, -0.15) is 0 Å². The lowest BCUT2D eigenvalue weighted by molar-refractivity contribution is 0.0943. The van der Waals surface area contributed by atoms with Gasteiger partial charge in [-0.1, -0.05) is 0 Å². The number of carbonyl (C=O) groups excluding carboxylic acids is 1. The molecule has 0 radical (unpaired) electrons. The van der Waals surface area contributed by atoms with Gasteiger partial charge in [0.1, 0.15) is 5.75 Å². The maximum absolute atomic E-state index is 11.5. The third kappa shape index (κ3) is 2.49. The predicted molar refractivity (Wildman–Crippen MR) is 55.4 cm³/mol. The maximum atomic E-state index is 11.5. The molecule has 1 amide bonds. The first-order valence-electron chi connectivity index (χ1n) is 4.61. The third-order valence-electron chi connectivity index (χ3n) is 1.88. The summed E-state index contributed by atoms with van der Waals surface area (Å²) in [6.45, 7) is 5.58. The fourth-order valence-electron chi connectivity index (χ4n) is 1.14. The molecule has 3 heteroatoms. The topological polar surface area (TPSA) is 49.3 Å². The van der Waals surface area contributed by atoms with Crippen LogP contribution in [0.4, 0.5) is 0 Å². The molecule has 0 aliphatic carbocycles. The van der Waals surface area contributed by atoms with Gasteiger partial charge in [-0.15, -0.1) is 0 Å². The van der Waals surface area contributed by atoms with Gasteiger partial charge in [-0.05, 0) is 44.5 Å². The highest BCUT2D eigenvalue weighted by Crippen LogP contribution is 2.16.